The predicted molar refractivity (Wildman–Crippen MR) is 129 cm³/mol. The molecule has 3 amide bonds. The minimum Gasteiger partial charge on any atom is -0.454 e. The Morgan fingerprint density at radius 1 is 0.892 bits per heavy atom. The van der Waals surface area contributed by atoms with E-state index in [1.165, 1.54) is 30.5 Å². The van der Waals surface area contributed by atoms with Crippen molar-refractivity contribution < 1.29 is 32.3 Å². The summed E-state index contributed by atoms with van der Waals surface area (Å²) in [6, 6.07) is 9.27. The first-order valence-electron chi connectivity index (χ1n) is 11.4. The van der Waals surface area contributed by atoms with Gasteiger partial charge in [0.05, 0.1) is 5.69 Å². The van der Waals surface area contributed by atoms with E-state index in [1.54, 1.807) is 13.8 Å². The molecule has 0 spiro atoms. The lowest BCUT2D eigenvalue weighted by Crippen LogP contribution is -2.35. The Balaban J connectivity index is 1.44. The van der Waals surface area contributed by atoms with Crippen LogP contribution < -0.4 is 20.7 Å². The summed E-state index contributed by atoms with van der Waals surface area (Å²) in [5.41, 5.74) is -1.61. The maximum absolute atomic E-state index is 14.8. The smallest absolute Gasteiger partial charge is 0.240 e. The molecule has 0 saturated heterocycles. The molecule has 0 aliphatic heterocycles. The van der Waals surface area contributed by atoms with Crippen molar-refractivity contribution >= 4 is 34.9 Å². The summed E-state index contributed by atoms with van der Waals surface area (Å²) in [7, 11) is 0. The molecule has 1 aliphatic rings. The number of pyridine rings is 1. The molecule has 8 nitrogen and oxygen atoms in total. The monoisotopic (exact) mass is 512 g/mol. The van der Waals surface area contributed by atoms with Crippen molar-refractivity contribution in [3.05, 3.63) is 72.2 Å². The number of aromatic nitrogens is 1. The van der Waals surface area contributed by atoms with Gasteiger partial charge in [0, 0.05) is 36.0 Å². The molecule has 0 atom stereocenters. The fourth-order valence-corrected chi connectivity index (χ4v) is 3.35. The number of ether oxygens (including phenoxy) is 1. The van der Waals surface area contributed by atoms with Gasteiger partial charge in [0.15, 0.2) is 17.4 Å². The van der Waals surface area contributed by atoms with Crippen LogP contribution >= 0.6 is 0 Å². The molecule has 1 heterocycles. The average Bonchev–Trinajstić information content (AvgIpc) is 3.66. The van der Waals surface area contributed by atoms with E-state index >= 15 is 0 Å². The summed E-state index contributed by atoms with van der Waals surface area (Å²) >= 11 is 0. The molecule has 4 rings (SSSR count). The van der Waals surface area contributed by atoms with Gasteiger partial charge in [0.2, 0.25) is 17.7 Å². The van der Waals surface area contributed by atoms with Crippen LogP contribution in [0.25, 0.3) is 0 Å². The lowest BCUT2D eigenvalue weighted by atomic mass is 10.0. The Labute approximate surface area is 210 Å². The zero-order chi connectivity index (χ0) is 26.7. The number of benzene rings is 2. The molecular weight excluding hydrogens is 489 g/mol. The Morgan fingerprint density at radius 2 is 1.57 bits per heavy atom. The second-order valence-corrected chi connectivity index (χ2v) is 8.88. The second kappa shape index (κ2) is 10.3. The summed E-state index contributed by atoms with van der Waals surface area (Å²) < 4.78 is 48.0. The molecule has 0 unspecified atom stereocenters. The van der Waals surface area contributed by atoms with Gasteiger partial charge in [0.25, 0.3) is 0 Å². The average molecular weight is 512 g/mol. The largest absolute Gasteiger partial charge is 0.454 e. The number of carbonyl (C=O) groups is 3. The Hall–Kier alpha value is -4.41. The molecule has 0 bridgehead atoms. The Morgan fingerprint density at radius 3 is 2.22 bits per heavy atom. The Kier molecular flexibility index (Phi) is 7.14. The van der Waals surface area contributed by atoms with Gasteiger partial charge >= 0.3 is 0 Å². The van der Waals surface area contributed by atoms with Crippen LogP contribution in [-0.4, -0.2) is 22.7 Å². The van der Waals surface area contributed by atoms with Gasteiger partial charge in [-0.05, 0) is 43.2 Å². The van der Waals surface area contributed by atoms with Crippen molar-refractivity contribution in [1.82, 2.24) is 4.98 Å². The minimum atomic E-state index is -1.44. The van der Waals surface area contributed by atoms with Gasteiger partial charge in [-0.2, -0.15) is 0 Å². The fraction of sp³-hybridized carbons (Fsp3) is 0.231. The molecular formula is C26H23F3N4O4. The van der Waals surface area contributed by atoms with Gasteiger partial charge in [-0.15, -0.1) is 0 Å². The molecule has 2 aromatic carbocycles. The van der Waals surface area contributed by atoms with Crippen LogP contribution in [0.5, 0.6) is 11.5 Å². The van der Waals surface area contributed by atoms with Gasteiger partial charge in [-0.25, -0.2) is 18.2 Å². The zero-order valence-electron chi connectivity index (χ0n) is 19.9. The maximum atomic E-state index is 14.8. The van der Waals surface area contributed by atoms with Crippen LogP contribution in [0.2, 0.25) is 0 Å². The summed E-state index contributed by atoms with van der Waals surface area (Å²) in [6.45, 7) is 3.41. The van der Waals surface area contributed by atoms with Crippen molar-refractivity contribution in [2.45, 2.75) is 26.7 Å². The van der Waals surface area contributed by atoms with Crippen LogP contribution in [-0.2, 0) is 14.4 Å². The van der Waals surface area contributed by atoms with E-state index in [0.29, 0.717) is 5.69 Å². The van der Waals surface area contributed by atoms with Crippen LogP contribution in [0, 0.1) is 28.8 Å². The van der Waals surface area contributed by atoms with E-state index < -0.39 is 46.1 Å². The lowest BCUT2D eigenvalue weighted by molar-refractivity contribution is -0.131. The number of hydrogen-bond donors (Lipinski definition) is 3. The van der Waals surface area contributed by atoms with Gasteiger partial charge in [-0.1, -0.05) is 13.8 Å². The third-order valence-electron chi connectivity index (χ3n) is 5.73. The normalized spacial score (nSPS) is 13.6. The van der Waals surface area contributed by atoms with Crippen molar-refractivity contribution in [3.8, 4) is 11.5 Å². The highest BCUT2D eigenvalue weighted by Gasteiger charge is 2.56. The Bertz CT molecular complexity index is 1360. The topological polar surface area (TPSA) is 109 Å². The fourth-order valence-electron chi connectivity index (χ4n) is 3.35. The lowest BCUT2D eigenvalue weighted by Gasteiger charge is -2.16. The highest BCUT2D eigenvalue weighted by atomic mass is 19.1. The number of nitrogens with zero attached hydrogens (tertiary/aromatic N) is 1. The van der Waals surface area contributed by atoms with E-state index in [0.717, 1.165) is 24.3 Å². The molecule has 1 aromatic heterocycles. The molecule has 1 fully saturated rings. The number of hydrogen-bond acceptors (Lipinski definition) is 5. The molecule has 1 saturated carbocycles. The molecule has 1 aliphatic carbocycles. The van der Waals surface area contributed by atoms with Gasteiger partial charge in [0.1, 0.15) is 22.8 Å². The van der Waals surface area contributed by atoms with E-state index in [9.17, 15) is 27.6 Å². The van der Waals surface area contributed by atoms with Gasteiger partial charge in [-0.3, -0.25) is 14.4 Å². The number of carbonyl (C=O) groups excluding carboxylic acids is 3. The maximum Gasteiger partial charge on any atom is 0.240 e. The van der Waals surface area contributed by atoms with E-state index in [1.807, 2.05) is 0 Å². The first kappa shape index (κ1) is 25.7. The summed E-state index contributed by atoms with van der Waals surface area (Å²) in [5, 5.41) is 7.39. The van der Waals surface area contributed by atoms with Crippen LogP contribution in [0.3, 0.4) is 0 Å². The molecule has 37 heavy (non-hydrogen) atoms. The van der Waals surface area contributed by atoms with Gasteiger partial charge < -0.3 is 20.7 Å². The highest BCUT2D eigenvalue weighted by Crippen LogP contribution is 2.47. The van der Waals surface area contributed by atoms with Crippen LogP contribution in [0.15, 0.2) is 54.7 Å². The third-order valence-corrected chi connectivity index (χ3v) is 5.73. The molecule has 3 aromatic rings. The molecule has 11 heteroatoms. The molecule has 0 radical (unpaired) electrons. The van der Waals surface area contributed by atoms with Crippen molar-refractivity contribution in [2.24, 2.45) is 11.3 Å². The zero-order valence-corrected chi connectivity index (χ0v) is 19.9. The predicted octanol–water partition coefficient (Wildman–Crippen LogP) is 5.24. The minimum absolute atomic E-state index is 0.0959. The van der Waals surface area contributed by atoms with Crippen LogP contribution in [0.4, 0.5) is 30.4 Å². The number of nitrogens with one attached hydrogen (secondary N) is 3. The summed E-state index contributed by atoms with van der Waals surface area (Å²) in [6.07, 6.45) is 1.77. The molecule has 192 valence electrons. The first-order chi connectivity index (χ1) is 17.6. The standard InChI is InChI=1S/C26H23F3N4O4/c1-14(2)23(34)33-22-11-17(7-10-30-22)37-21-13-18(28)20(12-19(21)29)32-25(36)26(8-9-26)24(35)31-16-5-3-15(27)4-6-16/h3-7,10-14H,8-9H2,1-2H3,(H,31,35)(H,32,36)(H,30,33,34). The number of anilines is 3. The quantitative estimate of drug-likeness (QED) is 0.358. The number of halogens is 3. The summed E-state index contributed by atoms with van der Waals surface area (Å²) in [5.74, 6) is -4.61. The van der Waals surface area contributed by atoms with Crippen molar-refractivity contribution in [2.75, 3.05) is 16.0 Å². The van der Waals surface area contributed by atoms with E-state index in [-0.39, 0.29) is 36.2 Å². The van der Waals surface area contributed by atoms with Crippen molar-refractivity contribution in [1.29, 1.82) is 0 Å². The number of amides is 3. The second-order valence-electron chi connectivity index (χ2n) is 8.88. The van der Waals surface area contributed by atoms with E-state index in [2.05, 4.69) is 20.9 Å². The third kappa shape index (κ3) is 5.88. The summed E-state index contributed by atoms with van der Waals surface area (Å²) in [4.78, 5) is 41.3. The molecule has 3 N–H and O–H groups in total. The first-order valence-corrected chi connectivity index (χ1v) is 11.4. The highest BCUT2D eigenvalue weighted by molar-refractivity contribution is 6.16. The number of rotatable bonds is 8. The van der Waals surface area contributed by atoms with Crippen LogP contribution in [0.1, 0.15) is 26.7 Å². The van der Waals surface area contributed by atoms with Crippen molar-refractivity contribution in [3.63, 3.8) is 0 Å². The van der Waals surface area contributed by atoms with E-state index in [4.69, 9.17) is 4.74 Å². The SMILES string of the molecule is CC(C)C(=O)Nc1cc(Oc2cc(F)c(NC(=O)C3(C(=O)Nc4ccc(F)cc4)CC3)cc2F)ccn1.